The molecule has 0 aliphatic carbocycles. The number of carbonyl (C=O) groups is 1. The van der Waals surface area contributed by atoms with Gasteiger partial charge in [0.1, 0.15) is 5.75 Å². The van der Waals surface area contributed by atoms with E-state index in [0.717, 1.165) is 41.8 Å². The SMILES string of the molecule is CCCCNC(=O)N1CCc2c([nH]c3ccc(OC)cc23)[C@@H]1c1ccccc1. The number of urea groups is 1. The zero-order valence-corrected chi connectivity index (χ0v) is 16.5. The Hall–Kier alpha value is -2.95. The zero-order valence-electron chi connectivity index (χ0n) is 16.5. The van der Waals surface area contributed by atoms with E-state index in [9.17, 15) is 4.79 Å². The number of methoxy groups -OCH3 is 1. The van der Waals surface area contributed by atoms with Gasteiger partial charge >= 0.3 is 6.03 Å². The molecule has 2 aromatic carbocycles. The van der Waals surface area contributed by atoms with Crippen LogP contribution in [0.15, 0.2) is 48.5 Å². The predicted molar refractivity (Wildman–Crippen MR) is 112 cm³/mol. The van der Waals surface area contributed by atoms with Crippen LogP contribution >= 0.6 is 0 Å². The standard InChI is InChI=1S/C23H27N3O2/c1-3-4-13-24-23(27)26-14-12-18-19-15-17(28-2)10-11-20(19)25-21(18)22(26)16-8-6-5-7-9-16/h5-11,15,22,25H,3-4,12-14H2,1-2H3,(H,24,27)/t22-/m0/s1. The van der Waals surface area contributed by atoms with Crippen molar-refractivity contribution >= 4 is 16.9 Å². The minimum atomic E-state index is -0.120. The van der Waals surface area contributed by atoms with Crippen molar-refractivity contribution in [3.8, 4) is 5.75 Å². The number of carbonyl (C=O) groups excluding carboxylic acids is 1. The van der Waals surface area contributed by atoms with Crippen LogP contribution in [0.25, 0.3) is 10.9 Å². The number of hydrogen-bond donors (Lipinski definition) is 2. The maximum absolute atomic E-state index is 13.0. The maximum atomic E-state index is 13.0. The van der Waals surface area contributed by atoms with Crippen molar-refractivity contribution in [3.05, 3.63) is 65.4 Å². The van der Waals surface area contributed by atoms with Gasteiger partial charge in [-0.3, -0.25) is 0 Å². The highest BCUT2D eigenvalue weighted by Gasteiger charge is 2.34. The number of amides is 2. The summed E-state index contributed by atoms with van der Waals surface area (Å²) in [5, 5.41) is 4.27. The number of H-pyrrole nitrogens is 1. The van der Waals surface area contributed by atoms with Crippen LogP contribution < -0.4 is 10.1 Å². The van der Waals surface area contributed by atoms with E-state index in [0.29, 0.717) is 13.1 Å². The van der Waals surface area contributed by atoms with Crippen LogP contribution in [-0.2, 0) is 6.42 Å². The fourth-order valence-electron chi connectivity index (χ4n) is 4.07. The lowest BCUT2D eigenvalue weighted by molar-refractivity contribution is 0.179. The molecule has 5 heteroatoms. The molecule has 2 N–H and O–H groups in total. The van der Waals surface area contributed by atoms with Gasteiger partial charge in [0.25, 0.3) is 0 Å². The Balaban J connectivity index is 1.77. The third kappa shape index (κ3) is 3.33. The molecule has 2 amide bonds. The van der Waals surface area contributed by atoms with Crippen LogP contribution in [0.2, 0.25) is 0 Å². The summed E-state index contributed by atoms with van der Waals surface area (Å²) in [5.41, 5.74) is 4.58. The van der Waals surface area contributed by atoms with Crippen molar-refractivity contribution in [2.75, 3.05) is 20.2 Å². The van der Waals surface area contributed by atoms with Gasteiger partial charge < -0.3 is 19.9 Å². The number of nitrogens with zero attached hydrogens (tertiary/aromatic N) is 1. The molecule has 4 rings (SSSR count). The molecule has 0 saturated carbocycles. The molecule has 3 aromatic rings. The molecule has 0 spiro atoms. The zero-order chi connectivity index (χ0) is 19.5. The second-order valence-electron chi connectivity index (χ2n) is 7.27. The monoisotopic (exact) mass is 377 g/mol. The summed E-state index contributed by atoms with van der Waals surface area (Å²) in [5.74, 6) is 0.852. The van der Waals surface area contributed by atoms with Crippen LogP contribution in [-0.4, -0.2) is 36.1 Å². The van der Waals surface area contributed by atoms with Gasteiger partial charge in [-0.05, 0) is 42.2 Å². The molecule has 0 unspecified atom stereocenters. The van der Waals surface area contributed by atoms with E-state index in [2.05, 4.69) is 41.5 Å². The van der Waals surface area contributed by atoms with Crippen molar-refractivity contribution in [1.29, 1.82) is 0 Å². The first kappa shape index (κ1) is 18.4. The van der Waals surface area contributed by atoms with Gasteiger partial charge in [0, 0.05) is 29.7 Å². The van der Waals surface area contributed by atoms with E-state index in [-0.39, 0.29) is 12.1 Å². The number of fused-ring (bicyclic) bond motifs is 3. The van der Waals surface area contributed by atoms with Crippen molar-refractivity contribution < 1.29 is 9.53 Å². The van der Waals surface area contributed by atoms with Gasteiger partial charge in [-0.25, -0.2) is 4.79 Å². The highest BCUT2D eigenvalue weighted by atomic mass is 16.5. The fraction of sp³-hybridized carbons (Fsp3) is 0.348. The number of rotatable bonds is 5. The molecule has 0 bridgehead atoms. The lowest BCUT2D eigenvalue weighted by Crippen LogP contribution is -2.46. The summed E-state index contributed by atoms with van der Waals surface area (Å²) in [6.45, 7) is 3.53. The van der Waals surface area contributed by atoms with E-state index in [1.807, 2.05) is 29.2 Å². The van der Waals surface area contributed by atoms with Crippen LogP contribution in [0.5, 0.6) is 5.75 Å². The summed E-state index contributed by atoms with van der Waals surface area (Å²) in [4.78, 5) is 18.5. The molecule has 2 heterocycles. The quantitative estimate of drug-likeness (QED) is 0.637. The highest BCUT2D eigenvalue weighted by Crippen LogP contribution is 2.39. The Labute approximate surface area is 165 Å². The van der Waals surface area contributed by atoms with Crippen molar-refractivity contribution in [1.82, 2.24) is 15.2 Å². The number of aromatic amines is 1. The Morgan fingerprint density at radius 2 is 2.07 bits per heavy atom. The number of hydrogen-bond acceptors (Lipinski definition) is 2. The summed E-state index contributed by atoms with van der Waals surface area (Å²) in [6.07, 6.45) is 2.89. The summed E-state index contributed by atoms with van der Waals surface area (Å²) < 4.78 is 5.42. The molecule has 28 heavy (non-hydrogen) atoms. The minimum Gasteiger partial charge on any atom is -0.497 e. The number of aromatic nitrogens is 1. The van der Waals surface area contributed by atoms with Crippen molar-refractivity contribution in [2.45, 2.75) is 32.2 Å². The fourth-order valence-corrected chi connectivity index (χ4v) is 4.07. The van der Waals surface area contributed by atoms with E-state index in [4.69, 9.17) is 4.74 Å². The summed E-state index contributed by atoms with van der Waals surface area (Å²) in [6, 6.07) is 16.3. The van der Waals surface area contributed by atoms with Gasteiger partial charge in [-0.15, -0.1) is 0 Å². The van der Waals surface area contributed by atoms with Gasteiger partial charge in [0.2, 0.25) is 0 Å². The molecule has 1 aliphatic rings. The highest BCUT2D eigenvalue weighted by molar-refractivity contribution is 5.87. The number of unbranched alkanes of at least 4 members (excludes halogenated alkanes) is 1. The van der Waals surface area contributed by atoms with Crippen LogP contribution in [0, 0.1) is 0 Å². The Bertz CT molecular complexity index is 965. The van der Waals surface area contributed by atoms with Crippen molar-refractivity contribution in [2.24, 2.45) is 0 Å². The third-order valence-corrected chi connectivity index (χ3v) is 5.52. The molecule has 0 saturated heterocycles. The normalized spacial score (nSPS) is 16.1. The number of benzene rings is 2. The van der Waals surface area contributed by atoms with Gasteiger partial charge in [-0.1, -0.05) is 43.7 Å². The Morgan fingerprint density at radius 1 is 1.25 bits per heavy atom. The number of nitrogens with one attached hydrogen (secondary N) is 2. The largest absolute Gasteiger partial charge is 0.497 e. The molecular weight excluding hydrogens is 350 g/mol. The summed E-state index contributed by atoms with van der Waals surface area (Å²) in [7, 11) is 1.69. The van der Waals surface area contributed by atoms with E-state index in [1.54, 1.807) is 7.11 Å². The van der Waals surface area contributed by atoms with Gasteiger partial charge in [0.05, 0.1) is 13.2 Å². The molecule has 1 aromatic heterocycles. The number of ether oxygens (including phenoxy) is 1. The lowest BCUT2D eigenvalue weighted by atomic mass is 9.92. The minimum absolute atomic E-state index is 0.00388. The molecule has 0 fully saturated rings. The van der Waals surface area contributed by atoms with E-state index < -0.39 is 0 Å². The van der Waals surface area contributed by atoms with Gasteiger partial charge in [-0.2, -0.15) is 0 Å². The van der Waals surface area contributed by atoms with Crippen LogP contribution in [0.3, 0.4) is 0 Å². The molecule has 5 nitrogen and oxygen atoms in total. The first-order valence-electron chi connectivity index (χ1n) is 10.0. The van der Waals surface area contributed by atoms with E-state index in [1.165, 1.54) is 10.9 Å². The van der Waals surface area contributed by atoms with Crippen LogP contribution in [0.4, 0.5) is 4.79 Å². The van der Waals surface area contributed by atoms with Crippen molar-refractivity contribution in [3.63, 3.8) is 0 Å². The first-order valence-corrected chi connectivity index (χ1v) is 10.0. The first-order chi connectivity index (χ1) is 13.7. The van der Waals surface area contributed by atoms with E-state index >= 15 is 0 Å². The molecule has 146 valence electrons. The smallest absolute Gasteiger partial charge is 0.318 e. The Morgan fingerprint density at radius 3 is 2.82 bits per heavy atom. The predicted octanol–water partition coefficient (Wildman–Crippen LogP) is 4.63. The van der Waals surface area contributed by atoms with Gasteiger partial charge in [0.15, 0.2) is 0 Å². The average molecular weight is 377 g/mol. The van der Waals surface area contributed by atoms with Crippen LogP contribution in [0.1, 0.15) is 42.6 Å². The average Bonchev–Trinajstić information content (AvgIpc) is 3.11. The topological polar surface area (TPSA) is 57.4 Å². The summed E-state index contributed by atoms with van der Waals surface area (Å²) >= 11 is 0. The second kappa shape index (κ2) is 7.97. The second-order valence-corrected chi connectivity index (χ2v) is 7.27. The molecule has 1 aliphatic heterocycles. The Kier molecular flexibility index (Phi) is 5.24. The lowest BCUT2D eigenvalue weighted by Gasteiger charge is -2.36. The molecule has 1 atom stereocenters. The maximum Gasteiger partial charge on any atom is 0.318 e. The molecular formula is C23H27N3O2. The molecule has 0 radical (unpaired) electrons. The third-order valence-electron chi connectivity index (χ3n) is 5.52.